The number of halogens is 2. The molecule has 0 aromatic carbocycles. The van der Waals surface area contributed by atoms with E-state index >= 15 is 0 Å². The van der Waals surface area contributed by atoms with E-state index in [-0.39, 0.29) is 18.8 Å². The first kappa shape index (κ1) is 10.3. The Morgan fingerprint density at radius 3 is 3.00 bits per heavy atom. The molecule has 1 heterocycles. The maximum absolute atomic E-state index is 13.1. The second-order valence-electron chi connectivity index (χ2n) is 4.18. The van der Waals surface area contributed by atoms with Crippen molar-refractivity contribution in [1.29, 1.82) is 0 Å². The molecule has 1 fully saturated rings. The zero-order chi connectivity index (χ0) is 10.9. The van der Waals surface area contributed by atoms with Gasteiger partial charge in [0.2, 0.25) is 5.92 Å². The third-order valence-electron chi connectivity index (χ3n) is 2.74. The van der Waals surface area contributed by atoms with Gasteiger partial charge in [0.05, 0.1) is 6.20 Å². The lowest BCUT2D eigenvalue weighted by Gasteiger charge is -2.28. The monoisotopic (exact) mass is 216 g/mol. The predicted octanol–water partition coefficient (Wildman–Crippen LogP) is 1.69. The summed E-state index contributed by atoms with van der Waals surface area (Å²) >= 11 is 0. The molecule has 84 valence electrons. The molecule has 1 aromatic heterocycles. The van der Waals surface area contributed by atoms with Crippen molar-refractivity contribution >= 4 is 5.82 Å². The van der Waals surface area contributed by atoms with E-state index in [0.717, 1.165) is 6.42 Å². The van der Waals surface area contributed by atoms with Gasteiger partial charge in [-0.25, -0.2) is 8.78 Å². The summed E-state index contributed by atoms with van der Waals surface area (Å²) in [5.41, 5.74) is 5.39. The van der Waals surface area contributed by atoms with E-state index < -0.39 is 5.92 Å². The van der Waals surface area contributed by atoms with Crippen molar-refractivity contribution in [3.63, 3.8) is 0 Å². The molecule has 0 saturated heterocycles. The highest BCUT2D eigenvalue weighted by molar-refractivity contribution is 5.19. The fraction of sp³-hybridized carbons (Fsp3) is 0.778. The van der Waals surface area contributed by atoms with Gasteiger partial charge in [-0.2, -0.15) is 0 Å². The molecule has 6 heteroatoms. The highest BCUT2D eigenvalue weighted by Crippen LogP contribution is 2.37. The van der Waals surface area contributed by atoms with Crippen molar-refractivity contribution in [3.05, 3.63) is 6.20 Å². The van der Waals surface area contributed by atoms with E-state index in [2.05, 4.69) is 10.3 Å². The van der Waals surface area contributed by atoms with Gasteiger partial charge in [0.25, 0.3) is 0 Å². The number of hydrogen-bond donors (Lipinski definition) is 1. The van der Waals surface area contributed by atoms with Gasteiger partial charge in [-0.05, 0) is 18.8 Å². The first-order chi connectivity index (χ1) is 7.05. The molecule has 4 nitrogen and oxygen atoms in total. The average Bonchev–Trinajstić information content (AvgIpc) is 2.49. The average molecular weight is 216 g/mol. The summed E-state index contributed by atoms with van der Waals surface area (Å²) < 4.78 is 27.7. The van der Waals surface area contributed by atoms with Crippen molar-refractivity contribution in [3.8, 4) is 0 Å². The Hall–Kier alpha value is -1.20. The minimum Gasteiger partial charge on any atom is -0.381 e. The molecule has 1 unspecified atom stereocenters. The molecule has 0 amide bonds. The number of hydrogen-bond acceptors (Lipinski definition) is 3. The van der Waals surface area contributed by atoms with Crippen LogP contribution in [0.25, 0.3) is 0 Å². The highest BCUT2D eigenvalue weighted by atomic mass is 19.3. The quantitative estimate of drug-likeness (QED) is 0.818. The SMILES string of the molecule is Nc1cn(CC2CCCC(F)(F)C2)nn1. The molecular weight excluding hydrogens is 202 g/mol. The second-order valence-corrected chi connectivity index (χ2v) is 4.18. The Balaban J connectivity index is 1.95. The van der Waals surface area contributed by atoms with Crippen molar-refractivity contribution in [2.45, 2.75) is 38.2 Å². The highest BCUT2D eigenvalue weighted by Gasteiger charge is 2.36. The summed E-state index contributed by atoms with van der Waals surface area (Å²) in [7, 11) is 0. The van der Waals surface area contributed by atoms with Gasteiger partial charge in [-0.15, -0.1) is 5.10 Å². The molecule has 1 aromatic rings. The first-order valence-corrected chi connectivity index (χ1v) is 5.09. The zero-order valence-corrected chi connectivity index (χ0v) is 8.37. The molecule has 1 aliphatic carbocycles. The van der Waals surface area contributed by atoms with Crippen LogP contribution in [0.2, 0.25) is 0 Å². The van der Waals surface area contributed by atoms with Gasteiger partial charge in [-0.3, -0.25) is 4.68 Å². The lowest BCUT2D eigenvalue weighted by atomic mass is 9.86. The fourth-order valence-electron chi connectivity index (χ4n) is 2.10. The van der Waals surface area contributed by atoms with Crippen LogP contribution in [0.4, 0.5) is 14.6 Å². The molecule has 2 N–H and O–H groups in total. The van der Waals surface area contributed by atoms with Crippen LogP contribution in [0.3, 0.4) is 0 Å². The number of nitrogen functional groups attached to an aromatic ring is 1. The van der Waals surface area contributed by atoms with Crippen LogP contribution in [0.5, 0.6) is 0 Å². The van der Waals surface area contributed by atoms with Crippen molar-refractivity contribution < 1.29 is 8.78 Å². The largest absolute Gasteiger partial charge is 0.381 e. The molecular formula is C9H14F2N4. The van der Waals surface area contributed by atoms with E-state index in [1.807, 2.05) is 0 Å². The molecule has 0 spiro atoms. The van der Waals surface area contributed by atoms with Crippen LogP contribution >= 0.6 is 0 Å². The van der Waals surface area contributed by atoms with Crippen molar-refractivity contribution in [1.82, 2.24) is 15.0 Å². The molecule has 0 radical (unpaired) electrons. The zero-order valence-electron chi connectivity index (χ0n) is 8.37. The Labute approximate surface area is 86.4 Å². The Morgan fingerprint density at radius 1 is 1.60 bits per heavy atom. The number of nitrogens with two attached hydrogens (primary N) is 1. The van der Waals surface area contributed by atoms with Crippen molar-refractivity contribution in [2.24, 2.45) is 5.92 Å². The summed E-state index contributed by atoms with van der Waals surface area (Å²) in [5, 5.41) is 7.38. The number of nitrogens with zero attached hydrogens (tertiary/aromatic N) is 3. The number of alkyl halides is 2. The molecule has 0 bridgehead atoms. The number of anilines is 1. The summed E-state index contributed by atoms with van der Waals surface area (Å²) in [6.45, 7) is 0.486. The number of rotatable bonds is 2. The Kier molecular flexibility index (Phi) is 2.58. The first-order valence-electron chi connectivity index (χ1n) is 5.09. The molecule has 0 aliphatic heterocycles. The number of aromatic nitrogens is 3. The summed E-state index contributed by atoms with van der Waals surface area (Å²) in [6.07, 6.45) is 2.96. The van der Waals surface area contributed by atoms with E-state index in [0.29, 0.717) is 18.8 Å². The fourth-order valence-corrected chi connectivity index (χ4v) is 2.10. The van der Waals surface area contributed by atoms with E-state index in [1.165, 1.54) is 0 Å². The van der Waals surface area contributed by atoms with Gasteiger partial charge in [0.1, 0.15) is 0 Å². The van der Waals surface area contributed by atoms with E-state index in [1.54, 1.807) is 10.9 Å². The smallest absolute Gasteiger partial charge is 0.248 e. The molecule has 1 atom stereocenters. The molecule has 1 aliphatic rings. The lowest BCUT2D eigenvalue weighted by molar-refractivity contribution is -0.0552. The Morgan fingerprint density at radius 2 is 2.40 bits per heavy atom. The minimum absolute atomic E-state index is 0.0169. The third-order valence-corrected chi connectivity index (χ3v) is 2.74. The van der Waals surface area contributed by atoms with Gasteiger partial charge in [-0.1, -0.05) is 5.21 Å². The van der Waals surface area contributed by atoms with Crippen LogP contribution in [0.15, 0.2) is 6.20 Å². The van der Waals surface area contributed by atoms with Gasteiger partial charge >= 0.3 is 0 Å². The van der Waals surface area contributed by atoms with Gasteiger partial charge < -0.3 is 5.73 Å². The normalized spacial score (nSPS) is 25.3. The summed E-state index contributed by atoms with van der Waals surface area (Å²) in [5.74, 6) is -2.19. The van der Waals surface area contributed by atoms with Crippen molar-refractivity contribution in [2.75, 3.05) is 5.73 Å². The van der Waals surface area contributed by atoms with E-state index in [4.69, 9.17) is 5.73 Å². The molecule has 1 saturated carbocycles. The van der Waals surface area contributed by atoms with Crippen LogP contribution in [0.1, 0.15) is 25.7 Å². The lowest BCUT2D eigenvalue weighted by Crippen LogP contribution is -2.28. The minimum atomic E-state index is -2.50. The third kappa shape index (κ3) is 2.64. The standard InChI is InChI=1S/C9H14F2N4/c10-9(11)3-1-2-7(4-9)5-15-6-8(12)13-14-15/h6-7H,1-5,12H2. The summed E-state index contributed by atoms with van der Waals surface area (Å²) in [6, 6.07) is 0. The van der Waals surface area contributed by atoms with Crippen LogP contribution in [-0.4, -0.2) is 20.9 Å². The topological polar surface area (TPSA) is 56.7 Å². The van der Waals surface area contributed by atoms with Gasteiger partial charge in [0.15, 0.2) is 5.82 Å². The maximum atomic E-state index is 13.1. The van der Waals surface area contributed by atoms with Crippen LogP contribution in [0, 0.1) is 5.92 Å². The van der Waals surface area contributed by atoms with Gasteiger partial charge in [0, 0.05) is 19.4 Å². The maximum Gasteiger partial charge on any atom is 0.248 e. The summed E-state index contributed by atoms with van der Waals surface area (Å²) in [4.78, 5) is 0. The molecule has 2 rings (SSSR count). The van der Waals surface area contributed by atoms with Crippen LogP contribution in [-0.2, 0) is 6.54 Å². The Bertz CT molecular complexity index is 337. The predicted molar refractivity (Wildman–Crippen MR) is 51.3 cm³/mol. The van der Waals surface area contributed by atoms with Crippen LogP contribution < -0.4 is 5.73 Å². The molecule has 15 heavy (non-hydrogen) atoms. The second kappa shape index (κ2) is 3.75. The van der Waals surface area contributed by atoms with E-state index in [9.17, 15) is 8.78 Å².